The minimum atomic E-state index is -1.03. The van der Waals surface area contributed by atoms with E-state index in [0.29, 0.717) is 13.0 Å². The highest BCUT2D eigenvalue weighted by atomic mass is 16.4. The van der Waals surface area contributed by atoms with Gasteiger partial charge in [-0.25, -0.2) is 0 Å². The van der Waals surface area contributed by atoms with Crippen molar-refractivity contribution in [1.29, 1.82) is 0 Å². The predicted molar refractivity (Wildman–Crippen MR) is 54.5 cm³/mol. The van der Waals surface area contributed by atoms with E-state index in [2.05, 4.69) is 5.32 Å². The number of carboxylic acid groups (broad SMARTS) is 1. The Kier molecular flexibility index (Phi) is 5.11. The third-order valence-corrected chi connectivity index (χ3v) is 2.09. The molecule has 5 heteroatoms. The average Bonchev–Trinajstić information content (AvgIpc) is 2.75. The topological polar surface area (TPSA) is 82.4 Å². The minimum absolute atomic E-state index is 0.0755. The van der Waals surface area contributed by atoms with E-state index < -0.39 is 5.97 Å². The van der Waals surface area contributed by atoms with E-state index in [1.54, 1.807) is 12.1 Å². The number of nitrogens with one attached hydrogen (secondary N) is 1. The van der Waals surface area contributed by atoms with Crippen molar-refractivity contribution in [1.82, 2.24) is 5.32 Å². The molecule has 88 valence electrons. The van der Waals surface area contributed by atoms with Gasteiger partial charge in [0.05, 0.1) is 6.26 Å². The Morgan fingerprint density at radius 2 is 2.12 bits per heavy atom. The van der Waals surface area contributed by atoms with Crippen LogP contribution in [0.25, 0.3) is 0 Å². The van der Waals surface area contributed by atoms with Crippen molar-refractivity contribution in [2.24, 2.45) is 0 Å². The fourth-order valence-corrected chi connectivity index (χ4v) is 1.27. The van der Waals surface area contributed by atoms with Gasteiger partial charge in [0, 0.05) is 12.5 Å². The monoisotopic (exact) mass is 224 g/mol. The number of aliphatic carboxylic acids is 1. The van der Waals surface area contributed by atoms with Crippen LogP contribution in [0, 0.1) is 0 Å². The minimum Gasteiger partial charge on any atom is -0.550 e. The number of hydrogen-bond acceptors (Lipinski definition) is 4. The summed E-state index contributed by atoms with van der Waals surface area (Å²) in [5, 5.41) is 12.8. The van der Waals surface area contributed by atoms with Gasteiger partial charge in [-0.15, -0.1) is 0 Å². The summed E-state index contributed by atoms with van der Waals surface area (Å²) in [6, 6.07) is 3.24. The van der Waals surface area contributed by atoms with Crippen molar-refractivity contribution in [3.8, 4) is 0 Å². The molecular formula is C11H14NO4-. The second kappa shape index (κ2) is 6.66. The first-order valence-corrected chi connectivity index (χ1v) is 5.21. The Morgan fingerprint density at radius 3 is 2.75 bits per heavy atom. The fraction of sp³-hybridized carbons (Fsp3) is 0.455. The van der Waals surface area contributed by atoms with Crippen molar-refractivity contribution >= 4 is 11.9 Å². The number of unbranched alkanes of at least 4 members (excludes halogenated alkanes) is 2. The molecule has 0 aliphatic heterocycles. The predicted octanol–water partition coefficient (Wildman–Crippen LogP) is 0.320. The SMILES string of the molecule is O=C([O-])CCCCCNC(=O)c1ccco1. The van der Waals surface area contributed by atoms with E-state index in [4.69, 9.17) is 4.42 Å². The quantitative estimate of drug-likeness (QED) is 0.676. The standard InChI is InChI=1S/C11H15NO4/c13-10(14)6-2-1-3-7-12-11(15)9-5-4-8-16-9/h4-5,8H,1-3,6-7H2,(H,12,15)(H,13,14)/p-1. The zero-order valence-corrected chi connectivity index (χ0v) is 8.90. The molecule has 0 aliphatic carbocycles. The van der Waals surface area contributed by atoms with Crippen molar-refractivity contribution in [3.05, 3.63) is 24.2 Å². The van der Waals surface area contributed by atoms with Crippen LogP contribution in [0.1, 0.15) is 36.2 Å². The summed E-state index contributed by atoms with van der Waals surface area (Å²) in [5.74, 6) is -0.987. The van der Waals surface area contributed by atoms with Gasteiger partial charge in [-0.3, -0.25) is 4.79 Å². The van der Waals surface area contributed by atoms with E-state index in [0.717, 1.165) is 12.8 Å². The summed E-state index contributed by atoms with van der Waals surface area (Å²) in [5.41, 5.74) is 0. The van der Waals surface area contributed by atoms with Crippen LogP contribution in [0.15, 0.2) is 22.8 Å². The molecule has 0 saturated carbocycles. The summed E-state index contributed by atoms with van der Waals surface area (Å²) >= 11 is 0. The van der Waals surface area contributed by atoms with E-state index in [1.165, 1.54) is 6.26 Å². The molecule has 16 heavy (non-hydrogen) atoms. The van der Waals surface area contributed by atoms with Crippen molar-refractivity contribution in [2.45, 2.75) is 25.7 Å². The summed E-state index contributed by atoms with van der Waals surface area (Å²) in [6.07, 6.45) is 3.60. The highest BCUT2D eigenvalue weighted by molar-refractivity contribution is 5.91. The van der Waals surface area contributed by atoms with Crippen molar-refractivity contribution in [2.75, 3.05) is 6.54 Å². The maximum absolute atomic E-state index is 11.3. The molecular weight excluding hydrogens is 210 g/mol. The molecule has 0 bridgehead atoms. The van der Waals surface area contributed by atoms with Crippen LogP contribution in [-0.4, -0.2) is 18.4 Å². The van der Waals surface area contributed by atoms with Crippen LogP contribution in [0.4, 0.5) is 0 Å². The lowest BCUT2D eigenvalue weighted by atomic mass is 10.2. The van der Waals surface area contributed by atoms with Crippen molar-refractivity contribution in [3.63, 3.8) is 0 Å². The molecule has 0 spiro atoms. The van der Waals surface area contributed by atoms with Crippen LogP contribution in [0.2, 0.25) is 0 Å². The highest BCUT2D eigenvalue weighted by Crippen LogP contribution is 2.00. The molecule has 0 unspecified atom stereocenters. The maximum Gasteiger partial charge on any atom is 0.286 e. The smallest absolute Gasteiger partial charge is 0.286 e. The largest absolute Gasteiger partial charge is 0.550 e. The first-order chi connectivity index (χ1) is 7.70. The Morgan fingerprint density at radius 1 is 1.31 bits per heavy atom. The summed E-state index contributed by atoms with van der Waals surface area (Å²) in [7, 11) is 0. The Bertz CT molecular complexity index is 332. The normalized spacial score (nSPS) is 10.0. The zero-order valence-electron chi connectivity index (χ0n) is 8.90. The lowest BCUT2D eigenvalue weighted by Gasteiger charge is -2.03. The number of carbonyl (C=O) groups is 2. The van der Waals surface area contributed by atoms with Crippen LogP contribution < -0.4 is 10.4 Å². The molecule has 0 aromatic carbocycles. The van der Waals surface area contributed by atoms with Gasteiger partial charge >= 0.3 is 0 Å². The Labute approximate surface area is 93.4 Å². The first-order valence-electron chi connectivity index (χ1n) is 5.21. The molecule has 1 rings (SSSR count). The van der Waals surface area contributed by atoms with Gasteiger partial charge < -0.3 is 19.6 Å². The molecule has 1 N–H and O–H groups in total. The molecule has 1 heterocycles. The van der Waals surface area contributed by atoms with Gasteiger partial charge in [0.2, 0.25) is 0 Å². The molecule has 0 fully saturated rings. The number of carbonyl (C=O) groups excluding carboxylic acids is 2. The summed E-state index contributed by atoms with van der Waals surface area (Å²) in [6.45, 7) is 0.520. The Hall–Kier alpha value is -1.78. The number of rotatable bonds is 7. The van der Waals surface area contributed by atoms with Crippen LogP contribution in [-0.2, 0) is 4.79 Å². The average molecular weight is 224 g/mol. The lowest BCUT2D eigenvalue weighted by Crippen LogP contribution is -2.24. The van der Waals surface area contributed by atoms with Crippen LogP contribution >= 0.6 is 0 Å². The first kappa shape index (κ1) is 12.3. The van der Waals surface area contributed by atoms with Crippen LogP contribution in [0.5, 0.6) is 0 Å². The zero-order chi connectivity index (χ0) is 11.8. The second-order valence-corrected chi connectivity index (χ2v) is 3.42. The number of hydrogen-bond donors (Lipinski definition) is 1. The number of carboxylic acids is 1. The van der Waals surface area contributed by atoms with E-state index >= 15 is 0 Å². The fourth-order valence-electron chi connectivity index (χ4n) is 1.27. The third-order valence-electron chi connectivity index (χ3n) is 2.09. The molecule has 1 aromatic heterocycles. The van der Waals surface area contributed by atoms with Gasteiger partial charge in [-0.1, -0.05) is 6.42 Å². The van der Waals surface area contributed by atoms with Crippen molar-refractivity contribution < 1.29 is 19.1 Å². The van der Waals surface area contributed by atoms with Gasteiger partial charge in [0.15, 0.2) is 5.76 Å². The molecule has 0 atom stereocenters. The maximum atomic E-state index is 11.3. The van der Waals surface area contributed by atoms with E-state index in [-0.39, 0.29) is 18.1 Å². The lowest BCUT2D eigenvalue weighted by molar-refractivity contribution is -0.305. The molecule has 1 amide bonds. The molecule has 0 radical (unpaired) electrons. The van der Waals surface area contributed by atoms with Crippen LogP contribution in [0.3, 0.4) is 0 Å². The van der Waals surface area contributed by atoms with Gasteiger partial charge in [0.25, 0.3) is 5.91 Å². The number of amides is 1. The summed E-state index contributed by atoms with van der Waals surface area (Å²) < 4.78 is 4.91. The second-order valence-electron chi connectivity index (χ2n) is 3.42. The third kappa shape index (κ3) is 4.63. The highest BCUT2D eigenvalue weighted by Gasteiger charge is 2.06. The summed E-state index contributed by atoms with van der Waals surface area (Å²) in [4.78, 5) is 21.4. The van der Waals surface area contributed by atoms with E-state index in [9.17, 15) is 14.7 Å². The van der Waals surface area contributed by atoms with Gasteiger partial charge in [-0.2, -0.15) is 0 Å². The van der Waals surface area contributed by atoms with E-state index in [1.807, 2.05) is 0 Å². The molecule has 5 nitrogen and oxygen atoms in total. The molecule has 0 aliphatic rings. The number of furan rings is 1. The van der Waals surface area contributed by atoms with Gasteiger partial charge in [-0.05, 0) is 31.4 Å². The molecule has 1 aromatic rings. The van der Waals surface area contributed by atoms with Gasteiger partial charge in [0.1, 0.15) is 0 Å². The molecule has 0 saturated heterocycles. The Balaban J connectivity index is 2.03.